The summed E-state index contributed by atoms with van der Waals surface area (Å²) in [6.07, 6.45) is 7.06. The fraction of sp³-hybridized carbons (Fsp3) is 0.300. The highest BCUT2D eigenvalue weighted by molar-refractivity contribution is 6.11. The van der Waals surface area contributed by atoms with Crippen molar-refractivity contribution in [3.8, 4) is 0 Å². The van der Waals surface area contributed by atoms with Gasteiger partial charge >= 0.3 is 0 Å². The van der Waals surface area contributed by atoms with E-state index in [9.17, 15) is 0 Å². The number of allylic oxidation sites excluding steroid dienone is 1. The topological polar surface area (TPSA) is 31.4 Å². The number of benzene rings is 1. The van der Waals surface area contributed by atoms with Crippen LogP contribution in [0.15, 0.2) is 53.3 Å². The van der Waals surface area contributed by atoms with Crippen LogP contribution in [0.1, 0.15) is 31.5 Å². The van der Waals surface area contributed by atoms with E-state index in [2.05, 4.69) is 53.7 Å². The van der Waals surface area contributed by atoms with Crippen LogP contribution in [0, 0.1) is 5.41 Å². The minimum Gasteiger partial charge on any atom is -0.371 e. The van der Waals surface area contributed by atoms with Gasteiger partial charge < -0.3 is 9.88 Å². The van der Waals surface area contributed by atoms with Crippen LogP contribution in [0.3, 0.4) is 0 Å². The second kappa shape index (κ2) is 5.29. The zero-order valence-electron chi connectivity index (χ0n) is 13.6. The summed E-state index contributed by atoms with van der Waals surface area (Å²) in [6.45, 7) is 6.92. The molecular weight excluding hydrogens is 282 g/mol. The van der Waals surface area contributed by atoms with Crippen molar-refractivity contribution in [1.29, 1.82) is 0 Å². The normalized spacial score (nSPS) is 18.7. The summed E-state index contributed by atoms with van der Waals surface area (Å²) in [6, 6.07) is 10.7. The number of aliphatic imine (C=N–C) groups is 1. The van der Waals surface area contributed by atoms with Gasteiger partial charge in [-0.1, -0.05) is 26.0 Å². The lowest BCUT2D eigenvalue weighted by atomic mass is 9.93. The van der Waals surface area contributed by atoms with Crippen molar-refractivity contribution in [3.05, 3.63) is 59.6 Å². The molecule has 2 aromatic rings. The number of nitrogens with one attached hydrogen (secondary N) is 1. The summed E-state index contributed by atoms with van der Waals surface area (Å²) in [5, 5.41) is 0. The van der Waals surface area contributed by atoms with Crippen molar-refractivity contribution >= 4 is 23.2 Å². The molecule has 0 bridgehead atoms. The first-order valence-electron chi connectivity index (χ1n) is 8.15. The van der Waals surface area contributed by atoms with E-state index in [0.29, 0.717) is 5.41 Å². The third-order valence-corrected chi connectivity index (χ3v) is 4.63. The lowest BCUT2D eigenvalue weighted by Crippen LogP contribution is -2.22. The molecule has 3 nitrogen and oxygen atoms in total. The third-order valence-electron chi connectivity index (χ3n) is 4.63. The largest absolute Gasteiger partial charge is 0.371 e. The van der Waals surface area contributed by atoms with E-state index in [1.54, 1.807) is 0 Å². The smallest absolute Gasteiger partial charge is 0.0892 e. The van der Waals surface area contributed by atoms with E-state index in [0.717, 1.165) is 35.7 Å². The van der Waals surface area contributed by atoms with Gasteiger partial charge in [0.05, 0.1) is 17.1 Å². The Bertz CT molecular complexity index is 832. The Balaban J connectivity index is 1.69. The SMILES string of the molecule is CC1(C)CCN(c2cccc(C3=Nc4cc[nH]c4C=C=C3)c2)C1. The van der Waals surface area contributed by atoms with Gasteiger partial charge in [-0.3, -0.25) is 0 Å². The number of rotatable bonds is 2. The molecule has 1 aromatic carbocycles. The molecule has 3 heterocycles. The third kappa shape index (κ3) is 2.76. The standard InChI is InChI=1S/C20H21N3/c1-20(2)10-12-23(14-20)16-6-3-5-15(13-16)17-7-4-8-18-19(22-17)9-11-21-18/h3,5-9,11,13,21H,10,12,14H2,1-2H3. The van der Waals surface area contributed by atoms with Gasteiger partial charge in [-0.05, 0) is 30.0 Å². The molecule has 2 aliphatic heterocycles. The summed E-state index contributed by atoms with van der Waals surface area (Å²) in [5.74, 6) is 0. The van der Waals surface area contributed by atoms with Gasteiger partial charge in [-0.25, -0.2) is 4.99 Å². The average molecular weight is 303 g/mol. The van der Waals surface area contributed by atoms with Crippen LogP contribution in [0.2, 0.25) is 0 Å². The maximum Gasteiger partial charge on any atom is 0.0892 e. The predicted octanol–water partition coefficient (Wildman–Crippen LogP) is 4.55. The van der Waals surface area contributed by atoms with E-state index in [1.807, 2.05) is 24.4 Å². The number of H-pyrrole nitrogens is 1. The van der Waals surface area contributed by atoms with Crippen molar-refractivity contribution < 1.29 is 0 Å². The number of anilines is 1. The van der Waals surface area contributed by atoms with Gasteiger partial charge in [-0.15, -0.1) is 5.73 Å². The van der Waals surface area contributed by atoms with Crippen LogP contribution in [-0.2, 0) is 0 Å². The monoisotopic (exact) mass is 303 g/mol. The maximum atomic E-state index is 4.78. The van der Waals surface area contributed by atoms with Crippen molar-refractivity contribution in [2.24, 2.45) is 10.4 Å². The first-order chi connectivity index (χ1) is 11.1. The molecule has 1 saturated heterocycles. The van der Waals surface area contributed by atoms with Gasteiger partial charge in [0.15, 0.2) is 0 Å². The van der Waals surface area contributed by atoms with Crippen molar-refractivity contribution in [2.75, 3.05) is 18.0 Å². The summed E-state index contributed by atoms with van der Waals surface area (Å²) in [7, 11) is 0. The second-order valence-electron chi connectivity index (χ2n) is 7.12. The Morgan fingerprint density at radius 1 is 1.22 bits per heavy atom. The Morgan fingerprint density at radius 3 is 2.96 bits per heavy atom. The molecule has 1 fully saturated rings. The zero-order chi connectivity index (χ0) is 15.9. The summed E-state index contributed by atoms with van der Waals surface area (Å²) >= 11 is 0. The van der Waals surface area contributed by atoms with E-state index >= 15 is 0 Å². The van der Waals surface area contributed by atoms with Gasteiger partial charge in [0.1, 0.15) is 0 Å². The molecule has 1 N–H and O–H groups in total. The fourth-order valence-electron chi connectivity index (χ4n) is 3.30. The van der Waals surface area contributed by atoms with E-state index in [4.69, 9.17) is 4.99 Å². The van der Waals surface area contributed by atoms with Crippen LogP contribution in [-0.4, -0.2) is 23.8 Å². The molecule has 0 radical (unpaired) electrons. The predicted molar refractivity (Wildman–Crippen MR) is 96.6 cm³/mol. The van der Waals surface area contributed by atoms with E-state index < -0.39 is 0 Å². The minimum absolute atomic E-state index is 0.401. The number of hydrogen-bond acceptors (Lipinski definition) is 2. The zero-order valence-corrected chi connectivity index (χ0v) is 13.6. The van der Waals surface area contributed by atoms with Crippen LogP contribution < -0.4 is 4.90 Å². The van der Waals surface area contributed by atoms with Crippen LogP contribution in [0.25, 0.3) is 6.08 Å². The van der Waals surface area contributed by atoms with Crippen molar-refractivity contribution in [2.45, 2.75) is 20.3 Å². The molecule has 116 valence electrons. The summed E-state index contributed by atoms with van der Waals surface area (Å²) in [5.41, 5.74) is 8.97. The van der Waals surface area contributed by atoms with Gasteiger partial charge in [0, 0.05) is 42.7 Å². The number of nitrogens with zero attached hydrogens (tertiary/aromatic N) is 2. The molecule has 0 atom stereocenters. The number of hydrogen-bond donors (Lipinski definition) is 1. The molecule has 0 saturated carbocycles. The number of aromatic nitrogens is 1. The summed E-state index contributed by atoms with van der Waals surface area (Å²) < 4.78 is 0. The summed E-state index contributed by atoms with van der Waals surface area (Å²) in [4.78, 5) is 10.4. The highest BCUT2D eigenvalue weighted by atomic mass is 15.2. The Kier molecular flexibility index (Phi) is 3.24. The first-order valence-corrected chi connectivity index (χ1v) is 8.15. The van der Waals surface area contributed by atoms with Gasteiger partial charge in [0.2, 0.25) is 0 Å². The Hall–Kier alpha value is -2.51. The second-order valence-corrected chi connectivity index (χ2v) is 7.12. The molecule has 2 aliphatic rings. The van der Waals surface area contributed by atoms with Crippen molar-refractivity contribution in [3.63, 3.8) is 0 Å². The first kappa shape index (κ1) is 14.1. The highest BCUT2D eigenvalue weighted by Gasteiger charge is 2.29. The molecule has 1 aromatic heterocycles. The Morgan fingerprint density at radius 2 is 2.13 bits per heavy atom. The van der Waals surface area contributed by atoms with Crippen molar-refractivity contribution in [1.82, 2.24) is 4.98 Å². The molecule has 0 spiro atoms. The molecule has 4 rings (SSSR count). The molecular formula is C20H21N3. The fourth-order valence-corrected chi connectivity index (χ4v) is 3.30. The lowest BCUT2D eigenvalue weighted by Gasteiger charge is -2.22. The van der Waals surface area contributed by atoms with E-state index in [-0.39, 0.29) is 0 Å². The molecule has 3 heteroatoms. The van der Waals surface area contributed by atoms with Crippen LogP contribution in [0.5, 0.6) is 0 Å². The molecule has 0 amide bonds. The number of aromatic amines is 1. The highest BCUT2D eigenvalue weighted by Crippen LogP contribution is 2.33. The number of fused-ring (bicyclic) bond motifs is 1. The lowest BCUT2D eigenvalue weighted by molar-refractivity contribution is 0.418. The minimum atomic E-state index is 0.401. The molecule has 0 unspecified atom stereocenters. The quantitative estimate of drug-likeness (QED) is 0.811. The maximum absolute atomic E-state index is 4.78. The molecule has 23 heavy (non-hydrogen) atoms. The average Bonchev–Trinajstić information content (AvgIpc) is 3.07. The van der Waals surface area contributed by atoms with E-state index in [1.165, 1.54) is 12.1 Å². The van der Waals surface area contributed by atoms with Crippen LogP contribution in [0.4, 0.5) is 11.4 Å². The molecule has 0 aliphatic carbocycles. The van der Waals surface area contributed by atoms with Gasteiger partial charge in [0.25, 0.3) is 0 Å². The Labute approximate surface area is 137 Å². The van der Waals surface area contributed by atoms with Gasteiger partial charge in [-0.2, -0.15) is 0 Å². The van der Waals surface area contributed by atoms with Crippen LogP contribution >= 0.6 is 0 Å².